The molecule has 4 amide bonds. The van der Waals surface area contributed by atoms with Crippen LogP contribution in [0.5, 0.6) is 0 Å². The standard InChI is InChI=1S/C58H72N8O6/c1-8-36(38-21-23-43-45(28-38)61-53(59-43)49-30-40-13-9-11-15-47(40)65(49)55(67)51(32(2)3)63-57(69)71-6)26-34-17-19-37-20-18-35(25-34)27-42(37)39-22-24-44-46(29-39)62-54(60-44)50-31-41-14-10-12-16-48(41)66(50)56(68)52(33(4)5)64-58(70)72-7/h8,18,20-24,26-29,32-34,40-41,47-52H,1,9-17,19,25,30-31H2,2-7H3,(H,59,61)(H,60,62)(H,63,69)(H,64,70)/t34?,40-,41-,47-,48-,49-,50-,51-,52-/m0/s1. The lowest BCUT2D eigenvalue weighted by Gasteiger charge is -2.36. The third kappa shape index (κ3) is 9.53. The number of likely N-dealkylation sites (tertiary alicyclic amines) is 2. The molecule has 0 spiro atoms. The van der Waals surface area contributed by atoms with Crippen molar-refractivity contribution >= 4 is 51.6 Å². The number of hydrogen-bond donors (Lipinski definition) is 4. The molecule has 1 unspecified atom stereocenters. The Morgan fingerprint density at radius 1 is 0.694 bits per heavy atom. The average Bonchev–Trinajstić information content (AvgIpc) is 4.18. The van der Waals surface area contributed by atoms with Gasteiger partial charge in [0.15, 0.2) is 0 Å². The van der Waals surface area contributed by atoms with E-state index in [9.17, 15) is 19.2 Å². The van der Waals surface area contributed by atoms with Crippen LogP contribution in [0.4, 0.5) is 9.59 Å². The van der Waals surface area contributed by atoms with E-state index in [1.807, 2.05) is 43.6 Å². The fourth-order valence-corrected chi connectivity index (χ4v) is 13.1. The van der Waals surface area contributed by atoms with Crippen molar-refractivity contribution < 1.29 is 28.7 Å². The number of amides is 4. The second-order valence-electron chi connectivity index (χ2n) is 22.0. The summed E-state index contributed by atoms with van der Waals surface area (Å²) >= 11 is 0. The first-order chi connectivity index (χ1) is 34.8. The summed E-state index contributed by atoms with van der Waals surface area (Å²) in [5.74, 6) is 2.31. The number of carbonyl (C=O) groups excluding carboxylic acids is 4. The van der Waals surface area contributed by atoms with E-state index >= 15 is 0 Å². The van der Waals surface area contributed by atoms with Gasteiger partial charge in [0.05, 0.1) is 48.4 Å². The van der Waals surface area contributed by atoms with Crippen molar-refractivity contribution in [2.24, 2.45) is 29.6 Å². The van der Waals surface area contributed by atoms with Gasteiger partial charge in [0.25, 0.3) is 0 Å². The lowest BCUT2D eigenvalue weighted by atomic mass is 9.83. The maximum Gasteiger partial charge on any atom is 0.407 e. The van der Waals surface area contributed by atoms with E-state index in [2.05, 4.69) is 87.9 Å². The van der Waals surface area contributed by atoms with E-state index in [0.717, 1.165) is 134 Å². The summed E-state index contributed by atoms with van der Waals surface area (Å²) in [4.78, 5) is 75.2. The molecule has 2 bridgehead atoms. The van der Waals surface area contributed by atoms with E-state index in [1.54, 1.807) is 0 Å². The van der Waals surface area contributed by atoms with Crippen LogP contribution >= 0.6 is 0 Å². The van der Waals surface area contributed by atoms with Crippen LogP contribution in [0, 0.1) is 29.6 Å². The number of hydrogen-bond acceptors (Lipinski definition) is 8. The van der Waals surface area contributed by atoms with Crippen molar-refractivity contribution in [3.05, 3.63) is 102 Å². The zero-order valence-corrected chi connectivity index (χ0v) is 42.8. The van der Waals surface area contributed by atoms with Crippen LogP contribution in [0.15, 0.2) is 73.3 Å². The van der Waals surface area contributed by atoms with Gasteiger partial charge in [0, 0.05) is 12.1 Å². The highest BCUT2D eigenvalue weighted by atomic mass is 16.5. The number of benzene rings is 3. The normalized spacial score (nSPS) is 24.9. The van der Waals surface area contributed by atoms with Gasteiger partial charge in [0.1, 0.15) is 23.7 Å². The molecule has 4 aliphatic carbocycles. The number of imidazole rings is 2. The number of allylic oxidation sites excluding steroid dienone is 3. The van der Waals surface area contributed by atoms with Crippen molar-refractivity contribution in [1.82, 2.24) is 40.4 Å². The van der Waals surface area contributed by atoms with Gasteiger partial charge in [0.2, 0.25) is 11.8 Å². The summed E-state index contributed by atoms with van der Waals surface area (Å²) in [6, 6.07) is 18.2. The summed E-state index contributed by atoms with van der Waals surface area (Å²) in [6.07, 6.45) is 16.2. The van der Waals surface area contributed by atoms with Gasteiger partial charge in [-0.1, -0.05) is 102 Å². The van der Waals surface area contributed by atoms with E-state index in [0.29, 0.717) is 17.8 Å². The van der Waals surface area contributed by atoms with Gasteiger partial charge in [-0.2, -0.15) is 0 Å². The molecular formula is C58H72N8O6. The number of carbonyl (C=O) groups is 4. The Hall–Kier alpha value is -6.44. The Kier molecular flexibility index (Phi) is 14.1. The summed E-state index contributed by atoms with van der Waals surface area (Å²) in [7, 11) is 2.65. The van der Waals surface area contributed by atoms with E-state index in [4.69, 9.17) is 19.4 Å². The number of alkyl carbamates (subject to hydrolysis) is 2. The molecule has 2 aromatic heterocycles. The maximum absolute atomic E-state index is 14.4. The molecule has 0 radical (unpaired) electrons. The number of nitrogens with zero attached hydrogens (tertiary/aromatic N) is 4. The van der Waals surface area contributed by atoms with Crippen LogP contribution in [0.1, 0.15) is 139 Å². The summed E-state index contributed by atoms with van der Waals surface area (Å²) in [5, 5.41) is 5.66. The van der Waals surface area contributed by atoms with Gasteiger partial charge >= 0.3 is 12.2 Å². The molecular weight excluding hydrogens is 905 g/mol. The Morgan fingerprint density at radius 3 is 1.78 bits per heavy atom. The van der Waals surface area contributed by atoms with E-state index < -0.39 is 24.3 Å². The van der Waals surface area contributed by atoms with Crippen LogP contribution < -0.4 is 10.6 Å². The van der Waals surface area contributed by atoms with Crippen LogP contribution in [0.3, 0.4) is 0 Å². The van der Waals surface area contributed by atoms with Crippen molar-refractivity contribution in [2.75, 3.05) is 14.2 Å². The molecule has 3 aromatic carbocycles. The Balaban J connectivity index is 0.873. The topological polar surface area (TPSA) is 175 Å². The number of rotatable bonds is 12. The fraction of sp³-hybridized carbons (Fsp3) is 0.517. The second kappa shape index (κ2) is 20.6. The summed E-state index contributed by atoms with van der Waals surface area (Å²) in [5.41, 5.74) is 10.7. The first kappa shape index (κ1) is 49.2. The smallest absolute Gasteiger partial charge is 0.407 e. The second-order valence-corrected chi connectivity index (χ2v) is 22.0. The van der Waals surface area contributed by atoms with Crippen LogP contribution in [-0.2, 0) is 31.9 Å². The van der Waals surface area contributed by atoms with Gasteiger partial charge in [-0.15, -0.1) is 0 Å². The minimum absolute atomic E-state index is 0.0689. The monoisotopic (exact) mass is 977 g/mol. The minimum Gasteiger partial charge on any atom is -0.453 e. The molecule has 9 atom stereocenters. The Bertz CT molecular complexity index is 2900. The molecule has 14 heteroatoms. The summed E-state index contributed by atoms with van der Waals surface area (Å²) in [6.45, 7) is 12.1. The quantitative estimate of drug-likeness (QED) is 0.0894. The maximum atomic E-state index is 14.4. The highest BCUT2D eigenvalue weighted by Crippen LogP contribution is 2.48. The molecule has 4 fully saturated rings. The molecule has 380 valence electrons. The van der Waals surface area contributed by atoms with Crippen molar-refractivity contribution in [3.63, 3.8) is 0 Å². The summed E-state index contributed by atoms with van der Waals surface area (Å²) < 4.78 is 9.84. The van der Waals surface area contributed by atoms with Gasteiger partial charge in [-0.3, -0.25) is 9.59 Å². The molecule has 2 aliphatic heterocycles. The third-order valence-electron chi connectivity index (χ3n) is 16.8. The number of ether oxygens (including phenoxy) is 2. The lowest BCUT2D eigenvalue weighted by Crippen LogP contribution is -2.53. The highest BCUT2D eigenvalue weighted by Gasteiger charge is 2.50. The van der Waals surface area contributed by atoms with Crippen LogP contribution in [0.2, 0.25) is 0 Å². The largest absolute Gasteiger partial charge is 0.453 e. The first-order valence-electron chi connectivity index (χ1n) is 26.6. The van der Waals surface area contributed by atoms with Crippen molar-refractivity contribution in [2.45, 2.75) is 147 Å². The SMILES string of the molecule is C=CC(=CC1CCc2ccc(cc2-c2ccc3nc([C@@H]4C[C@@H]5CCCC[C@@H]5N4C(=O)[C@@H](NC(=O)OC)C(C)C)[nH]c3c2)C1)c1ccc2nc([C@@H]3C[C@@H]4CCCC[C@@H]4N3C(=O)[C@@H](NC(=O)OC)C(C)C)[nH]c2c1. The number of fused-ring (bicyclic) bond motifs is 9. The predicted octanol–water partition coefficient (Wildman–Crippen LogP) is 10.9. The highest BCUT2D eigenvalue weighted by molar-refractivity contribution is 5.89. The number of aryl methyl sites for hydroxylation is 1. The van der Waals surface area contributed by atoms with Crippen molar-refractivity contribution in [1.29, 1.82) is 0 Å². The number of aromatic amines is 2. The zero-order chi connectivity index (χ0) is 50.4. The fourth-order valence-electron chi connectivity index (χ4n) is 13.1. The Morgan fingerprint density at radius 2 is 1.24 bits per heavy atom. The van der Waals surface area contributed by atoms with Crippen LogP contribution in [0.25, 0.3) is 38.8 Å². The number of H-pyrrole nitrogens is 2. The predicted molar refractivity (Wildman–Crippen MR) is 280 cm³/mol. The number of methoxy groups -OCH3 is 2. The molecule has 2 saturated carbocycles. The van der Waals surface area contributed by atoms with E-state index in [1.165, 1.54) is 30.9 Å². The first-order valence-corrected chi connectivity index (χ1v) is 26.6. The third-order valence-corrected chi connectivity index (χ3v) is 16.8. The van der Waals surface area contributed by atoms with E-state index in [-0.39, 0.29) is 47.8 Å². The molecule has 5 aromatic rings. The number of nitrogens with one attached hydrogen (secondary N) is 4. The molecule has 6 aliphatic rings. The molecule has 4 heterocycles. The molecule has 11 rings (SSSR count). The number of aromatic nitrogens is 4. The average molecular weight is 977 g/mol. The molecule has 4 N–H and O–H groups in total. The van der Waals surface area contributed by atoms with Crippen LogP contribution in [-0.4, -0.2) is 92.1 Å². The van der Waals surface area contributed by atoms with Crippen molar-refractivity contribution in [3.8, 4) is 11.1 Å². The Labute approximate surface area is 423 Å². The molecule has 14 nitrogen and oxygen atoms in total. The van der Waals surface area contributed by atoms with Gasteiger partial charge in [-0.25, -0.2) is 19.6 Å². The zero-order valence-electron chi connectivity index (χ0n) is 42.8. The lowest BCUT2D eigenvalue weighted by molar-refractivity contribution is -0.139. The van der Waals surface area contributed by atoms with Gasteiger partial charge < -0.3 is 39.9 Å². The molecule has 72 heavy (non-hydrogen) atoms. The molecule has 2 saturated heterocycles. The minimum atomic E-state index is -0.697. The van der Waals surface area contributed by atoms with Gasteiger partial charge in [-0.05, 0) is 145 Å².